The van der Waals surface area contributed by atoms with Gasteiger partial charge in [-0.2, -0.15) is 4.68 Å². The Labute approximate surface area is 122 Å². The quantitative estimate of drug-likeness (QED) is 0.788. The smallest absolute Gasteiger partial charge is 0.238 e. The Hall–Kier alpha value is -2.32. The first kappa shape index (κ1) is 13.7. The van der Waals surface area contributed by atoms with Gasteiger partial charge in [0.25, 0.3) is 0 Å². The van der Waals surface area contributed by atoms with Gasteiger partial charge in [-0.1, -0.05) is 12.1 Å². The standard InChI is InChI=1S/C13H17N7O/c21-13(9-19-7-5-14-6-8-19)16-11-3-1-2-4-12(11)20-10-15-17-18-20/h1-4,10,14H,5-9H2,(H,16,21). The van der Waals surface area contributed by atoms with Crippen molar-refractivity contribution in [3.8, 4) is 5.69 Å². The van der Waals surface area contributed by atoms with Crippen LogP contribution in [0.4, 0.5) is 5.69 Å². The number of anilines is 1. The maximum atomic E-state index is 12.2. The summed E-state index contributed by atoms with van der Waals surface area (Å²) >= 11 is 0. The van der Waals surface area contributed by atoms with Crippen molar-refractivity contribution in [1.29, 1.82) is 0 Å². The molecule has 0 radical (unpaired) electrons. The van der Waals surface area contributed by atoms with Crippen molar-refractivity contribution in [3.63, 3.8) is 0 Å². The van der Waals surface area contributed by atoms with E-state index in [4.69, 9.17) is 0 Å². The number of aromatic nitrogens is 4. The number of rotatable bonds is 4. The Balaban J connectivity index is 1.68. The summed E-state index contributed by atoms with van der Waals surface area (Å²) in [5.41, 5.74) is 1.45. The van der Waals surface area contributed by atoms with Crippen LogP contribution in [0.25, 0.3) is 5.69 Å². The fourth-order valence-corrected chi connectivity index (χ4v) is 2.31. The van der Waals surface area contributed by atoms with Gasteiger partial charge in [-0.3, -0.25) is 9.69 Å². The van der Waals surface area contributed by atoms with Gasteiger partial charge in [0.05, 0.1) is 17.9 Å². The predicted molar refractivity (Wildman–Crippen MR) is 77.1 cm³/mol. The monoisotopic (exact) mass is 287 g/mol. The molecule has 0 aliphatic carbocycles. The Bertz CT molecular complexity index is 592. The second-order valence-corrected chi connectivity index (χ2v) is 4.85. The number of hydrogen-bond donors (Lipinski definition) is 2. The number of carbonyl (C=O) groups excluding carboxylic acids is 1. The van der Waals surface area contributed by atoms with Crippen LogP contribution in [0.15, 0.2) is 30.6 Å². The zero-order valence-corrected chi connectivity index (χ0v) is 11.6. The van der Waals surface area contributed by atoms with Gasteiger partial charge >= 0.3 is 0 Å². The first-order valence-electron chi connectivity index (χ1n) is 6.88. The van der Waals surface area contributed by atoms with E-state index in [2.05, 4.69) is 31.1 Å². The van der Waals surface area contributed by atoms with Gasteiger partial charge in [0.2, 0.25) is 5.91 Å². The number of nitrogens with one attached hydrogen (secondary N) is 2. The predicted octanol–water partition coefficient (Wildman–Crippen LogP) is -0.494. The van der Waals surface area contributed by atoms with Gasteiger partial charge in [-0.15, -0.1) is 5.10 Å². The third kappa shape index (κ3) is 3.41. The van der Waals surface area contributed by atoms with Crippen LogP contribution in [0, 0.1) is 0 Å². The molecule has 0 atom stereocenters. The molecule has 0 unspecified atom stereocenters. The van der Waals surface area contributed by atoms with E-state index < -0.39 is 0 Å². The molecule has 1 aliphatic rings. The van der Waals surface area contributed by atoms with Gasteiger partial charge in [-0.25, -0.2) is 0 Å². The first-order chi connectivity index (χ1) is 10.3. The largest absolute Gasteiger partial charge is 0.323 e. The minimum absolute atomic E-state index is 0.0302. The molecule has 3 rings (SSSR count). The zero-order valence-electron chi connectivity index (χ0n) is 11.6. The van der Waals surface area contributed by atoms with E-state index in [1.807, 2.05) is 24.3 Å². The Morgan fingerprint density at radius 1 is 1.29 bits per heavy atom. The molecule has 110 valence electrons. The Morgan fingerprint density at radius 3 is 2.86 bits per heavy atom. The average molecular weight is 287 g/mol. The summed E-state index contributed by atoms with van der Waals surface area (Å²) in [6.07, 6.45) is 1.50. The molecule has 0 spiro atoms. The maximum Gasteiger partial charge on any atom is 0.238 e. The van der Waals surface area contributed by atoms with Gasteiger partial charge in [0.15, 0.2) is 0 Å². The third-order valence-corrected chi connectivity index (χ3v) is 3.35. The number of carbonyl (C=O) groups is 1. The fourth-order valence-electron chi connectivity index (χ4n) is 2.31. The number of benzene rings is 1. The van der Waals surface area contributed by atoms with Crippen molar-refractivity contribution >= 4 is 11.6 Å². The molecule has 2 N–H and O–H groups in total. The highest BCUT2D eigenvalue weighted by atomic mass is 16.2. The second kappa shape index (κ2) is 6.42. The molecule has 1 amide bonds. The van der Waals surface area contributed by atoms with Crippen LogP contribution in [0.5, 0.6) is 0 Å². The molecule has 2 aromatic rings. The van der Waals surface area contributed by atoms with E-state index >= 15 is 0 Å². The Morgan fingerprint density at radius 2 is 2.10 bits per heavy atom. The number of piperazine rings is 1. The van der Waals surface area contributed by atoms with Crippen molar-refractivity contribution < 1.29 is 4.79 Å². The van der Waals surface area contributed by atoms with Crippen LogP contribution < -0.4 is 10.6 Å². The van der Waals surface area contributed by atoms with Gasteiger partial charge in [0, 0.05) is 26.2 Å². The second-order valence-electron chi connectivity index (χ2n) is 4.85. The van der Waals surface area contributed by atoms with E-state index in [1.165, 1.54) is 11.0 Å². The summed E-state index contributed by atoms with van der Waals surface area (Å²) in [7, 11) is 0. The summed E-state index contributed by atoms with van der Waals surface area (Å²) in [6, 6.07) is 7.45. The normalized spacial score (nSPS) is 15.8. The minimum atomic E-state index is -0.0302. The molecule has 1 fully saturated rings. The number of nitrogens with zero attached hydrogens (tertiary/aromatic N) is 5. The highest BCUT2D eigenvalue weighted by Gasteiger charge is 2.15. The lowest BCUT2D eigenvalue weighted by Gasteiger charge is -2.26. The lowest BCUT2D eigenvalue weighted by molar-refractivity contribution is -0.117. The van der Waals surface area contributed by atoms with Crippen molar-refractivity contribution in [2.24, 2.45) is 0 Å². The SMILES string of the molecule is O=C(CN1CCNCC1)Nc1ccccc1-n1cnnn1. The van der Waals surface area contributed by atoms with Crippen LogP contribution >= 0.6 is 0 Å². The molecular weight excluding hydrogens is 270 g/mol. The molecule has 1 aliphatic heterocycles. The van der Waals surface area contributed by atoms with Crippen molar-refractivity contribution in [1.82, 2.24) is 30.4 Å². The van der Waals surface area contributed by atoms with Crippen LogP contribution in [0.3, 0.4) is 0 Å². The van der Waals surface area contributed by atoms with Gasteiger partial charge < -0.3 is 10.6 Å². The molecule has 0 saturated carbocycles. The van der Waals surface area contributed by atoms with Gasteiger partial charge in [-0.05, 0) is 22.6 Å². The highest BCUT2D eigenvalue weighted by molar-refractivity contribution is 5.94. The van der Waals surface area contributed by atoms with E-state index in [0.29, 0.717) is 12.2 Å². The van der Waals surface area contributed by atoms with Gasteiger partial charge in [0.1, 0.15) is 6.33 Å². The van der Waals surface area contributed by atoms with E-state index in [0.717, 1.165) is 31.9 Å². The number of tetrazole rings is 1. The molecule has 1 aromatic carbocycles. The lowest BCUT2D eigenvalue weighted by Crippen LogP contribution is -2.46. The van der Waals surface area contributed by atoms with E-state index in [9.17, 15) is 4.79 Å². The topological polar surface area (TPSA) is 88.0 Å². The van der Waals surface area contributed by atoms with E-state index in [1.54, 1.807) is 0 Å². The molecule has 2 heterocycles. The molecule has 8 nitrogen and oxygen atoms in total. The first-order valence-corrected chi connectivity index (χ1v) is 6.88. The average Bonchev–Trinajstić information content (AvgIpc) is 3.03. The summed E-state index contributed by atoms with van der Waals surface area (Å²) in [4.78, 5) is 14.3. The minimum Gasteiger partial charge on any atom is -0.323 e. The third-order valence-electron chi connectivity index (χ3n) is 3.35. The highest BCUT2D eigenvalue weighted by Crippen LogP contribution is 2.18. The van der Waals surface area contributed by atoms with Crippen molar-refractivity contribution in [2.75, 3.05) is 38.0 Å². The molecule has 21 heavy (non-hydrogen) atoms. The van der Waals surface area contributed by atoms with Crippen molar-refractivity contribution in [3.05, 3.63) is 30.6 Å². The summed E-state index contributed by atoms with van der Waals surface area (Å²) in [5.74, 6) is -0.0302. The molecule has 1 saturated heterocycles. The van der Waals surface area contributed by atoms with Crippen LogP contribution in [0.1, 0.15) is 0 Å². The Kier molecular flexibility index (Phi) is 4.17. The van der Waals surface area contributed by atoms with Crippen LogP contribution in [-0.2, 0) is 4.79 Å². The summed E-state index contributed by atoms with van der Waals surface area (Å²) < 4.78 is 1.53. The maximum absolute atomic E-state index is 12.2. The van der Waals surface area contributed by atoms with Crippen LogP contribution in [-0.4, -0.2) is 63.7 Å². The summed E-state index contributed by atoms with van der Waals surface area (Å²) in [6.45, 7) is 4.03. The molecule has 8 heteroatoms. The van der Waals surface area contributed by atoms with Crippen LogP contribution in [0.2, 0.25) is 0 Å². The number of para-hydroxylation sites is 2. The lowest BCUT2D eigenvalue weighted by atomic mass is 10.2. The molecule has 1 aromatic heterocycles. The van der Waals surface area contributed by atoms with E-state index in [-0.39, 0.29) is 5.91 Å². The number of hydrogen-bond acceptors (Lipinski definition) is 6. The molecular formula is C13H17N7O. The number of amides is 1. The molecule has 0 bridgehead atoms. The summed E-state index contributed by atoms with van der Waals surface area (Å²) in [5, 5.41) is 17.3. The van der Waals surface area contributed by atoms with Crippen molar-refractivity contribution in [2.45, 2.75) is 0 Å². The fraction of sp³-hybridized carbons (Fsp3) is 0.385. The zero-order chi connectivity index (χ0) is 14.5.